The van der Waals surface area contributed by atoms with E-state index >= 15 is 0 Å². The molecule has 25 heavy (non-hydrogen) atoms. The van der Waals surface area contributed by atoms with Crippen LogP contribution in [0.2, 0.25) is 0 Å². The molecule has 2 amide bonds. The van der Waals surface area contributed by atoms with Crippen molar-refractivity contribution in [3.63, 3.8) is 0 Å². The van der Waals surface area contributed by atoms with Crippen LogP contribution in [-0.2, 0) is 4.79 Å². The number of carbonyl (C=O) groups is 2. The summed E-state index contributed by atoms with van der Waals surface area (Å²) >= 11 is 0. The van der Waals surface area contributed by atoms with Crippen LogP contribution in [0.1, 0.15) is 41.6 Å². The Bertz CT molecular complexity index is 707. The molecule has 0 aliphatic carbocycles. The minimum atomic E-state index is -0.513. The van der Waals surface area contributed by atoms with Crippen LogP contribution in [0.15, 0.2) is 60.7 Å². The number of nitrogens with zero attached hydrogens (tertiary/aromatic N) is 1. The van der Waals surface area contributed by atoms with Crippen molar-refractivity contribution in [3.05, 3.63) is 71.8 Å². The molecule has 4 nitrogen and oxygen atoms in total. The molecule has 0 aromatic heterocycles. The van der Waals surface area contributed by atoms with Crippen LogP contribution in [0.4, 0.5) is 0 Å². The van der Waals surface area contributed by atoms with Gasteiger partial charge in [-0.15, -0.1) is 0 Å². The number of amides is 2. The lowest BCUT2D eigenvalue weighted by molar-refractivity contribution is -0.133. The van der Waals surface area contributed by atoms with E-state index in [9.17, 15) is 9.59 Å². The molecule has 3 rings (SSSR count). The topological polar surface area (TPSA) is 49.4 Å². The van der Waals surface area contributed by atoms with Gasteiger partial charge in [0.1, 0.15) is 6.04 Å². The molecule has 4 heteroatoms. The molecule has 1 N–H and O–H groups in total. The summed E-state index contributed by atoms with van der Waals surface area (Å²) in [5.41, 5.74) is 1.92. The molecule has 1 fully saturated rings. The van der Waals surface area contributed by atoms with Gasteiger partial charge in [-0.05, 0) is 43.4 Å². The SMILES string of the molecule is CC(NC(=O)c1ccccc1)C(=O)N1CCC(c2ccccc2)CC1. The maximum atomic E-state index is 12.6. The van der Waals surface area contributed by atoms with E-state index in [1.54, 1.807) is 19.1 Å². The zero-order valence-corrected chi connectivity index (χ0v) is 14.5. The van der Waals surface area contributed by atoms with E-state index in [4.69, 9.17) is 0 Å². The summed E-state index contributed by atoms with van der Waals surface area (Å²) in [5.74, 6) is 0.302. The molecule has 2 aromatic rings. The van der Waals surface area contributed by atoms with Crippen LogP contribution in [0.25, 0.3) is 0 Å². The molecular weight excluding hydrogens is 312 g/mol. The van der Waals surface area contributed by atoms with Crippen molar-refractivity contribution in [3.8, 4) is 0 Å². The molecule has 2 aromatic carbocycles. The standard InChI is InChI=1S/C21H24N2O2/c1-16(22-20(24)19-10-6-3-7-11-19)21(25)23-14-12-18(13-15-23)17-8-4-2-5-9-17/h2-11,16,18H,12-15H2,1H3,(H,22,24). The van der Waals surface area contributed by atoms with Gasteiger partial charge in [0.25, 0.3) is 5.91 Å². The van der Waals surface area contributed by atoms with Gasteiger partial charge in [-0.1, -0.05) is 48.5 Å². The van der Waals surface area contributed by atoms with Crippen molar-refractivity contribution in [2.24, 2.45) is 0 Å². The minimum absolute atomic E-state index is 0.00390. The van der Waals surface area contributed by atoms with Gasteiger partial charge < -0.3 is 10.2 Å². The fraction of sp³-hybridized carbons (Fsp3) is 0.333. The summed E-state index contributed by atoms with van der Waals surface area (Å²) in [4.78, 5) is 26.7. The Morgan fingerprint density at radius 1 is 0.960 bits per heavy atom. The first kappa shape index (κ1) is 17.2. The Kier molecular flexibility index (Phi) is 5.49. The first-order valence-corrected chi connectivity index (χ1v) is 8.85. The van der Waals surface area contributed by atoms with Crippen molar-refractivity contribution in [2.45, 2.75) is 31.7 Å². The van der Waals surface area contributed by atoms with Crippen LogP contribution in [-0.4, -0.2) is 35.8 Å². The van der Waals surface area contributed by atoms with Crippen LogP contribution < -0.4 is 5.32 Å². The Morgan fingerprint density at radius 2 is 1.52 bits per heavy atom. The van der Waals surface area contributed by atoms with E-state index in [0.29, 0.717) is 11.5 Å². The average Bonchev–Trinajstić information content (AvgIpc) is 2.69. The molecule has 1 heterocycles. The second-order valence-electron chi connectivity index (χ2n) is 6.57. The Labute approximate surface area is 148 Å². The predicted molar refractivity (Wildman–Crippen MR) is 98.4 cm³/mol. The second kappa shape index (κ2) is 7.97. The molecular formula is C21H24N2O2. The first-order chi connectivity index (χ1) is 12.1. The number of piperidine rings is 1. The van der Waals surface area contributed by atoms with Gasteiger partial charge >= 0.3 is 0 Å². The summed E-state index contributed by atoms with van der Waals surface area (Å²) in [5, 5.41) is 2.81. The lowest BCUT2D eigenvalue weighted by atomic mass is 9.89. The molecule has 0 spiro atoms. The van der Waals surface area contributed by atoms with Gasteiger partial charge in [0.2, 0.25) is 5.91 Å². The Balaban J connectivity index is 1.53. The van der Waals surface area contributed by atoms with Crippen LogP contribution >= 0.6 is 0 Å². The van der Waals surface area contributed by atoms with E-state index < -0.39 is 6.04 Å². The molecule has 1 aliphatic rings. The average molecular weight is 336 g/mol. The first-order valence-electron chi connectivity index (χ1n) is 8.85. The van der Waals surface area contributed by atoms with Gasteiger partial charge in [-0.2, -0.15) is 0 Å². The predicted octanol–water partition coefficient (Wildman–Crippen LogP) is 3.21. The lowest BCUT2D eigenvalue weighted by Crippen LogP contribution is -2.49. The Hall–Kier alpha value is -2.62. The fourth-order valence-electron chi connectivity index (χ4n) is 3.36. The van der Waals surface area contributed by atoms with Gasteiger partial charge in [0.15, 0.2) is 0 Å². The highest BCUT2D eigenvalue weighted by Crippen LogP contribution is 2.27. The van der Waals surface area contributed by atoms with Crippen LogP contribution in [0.3, 0.4) is 0 Å². The van der Waals surface area contributed by atoms with Crippen molar-refractivity contribution in [1.29, 1.82) is 0 Å². The number of hydrogen-bond donors (Lipinski definition) is 1. The van der Waals surface area contributed by atoms with E-state index in [2.05, 4.69) is 29.6 Å². The smallest absolute Gasteiger partial charge is 0.251 e. The molecule has 0 radical (unpaired) electrons. The van der Waals surface area contributed by atoms with E-state index in [0.717, 1.165) is 25.9 Å². The maximum absolute atomic E-state index is 12.6. The summed E-state index contributed by atoms with van der Waals surface area (Å²) in [7, 11) is 0. The van der Waals surface area contributed by atoms with E-state index in [1.165, 1.54) is 5.56 Å². The van der Waals surface area contributed by atoms with Gasteiger partial charge in [0, 0.05) is 18.7 Å². The molecule has 1 aliphatic heterocycles. The highest BCUT2D eigenvalue weighted by molar-refractivity contribution is 5.97. The van der Waals surface area contributed by atoms with Gasteiger partial charge in [-0.3, -0.25) is 9.59 Å². The Morgan fingerprint density at radius 3 is 2.12 bits per heavy atom. The molecule has 130 valence electrons. The third-order valence-corrected chi connectivity index (χ3v) is 4.83. The molecule has 1 unspecified atom stereocenters. The van der Waals surface area contributed by atoms with Crippen molar-refractivity contribution in [1.82, 2.24) is 10.2 Å². The van der Waals surface area contributed by atoms with Crippen molar-refractivity contribution in [2.75, 3.05) is 13.1 Å². The quantitative estimate of drug-likeness (QED) is 0.932. The number of benzene rings is 2. The highest BCUT2D eigenvalue weighted by atomic mass is 16.2. The van der Waals surface area contributed by atoms with Crippen molar-refractivity contribution >= 4 is 11.8 Å². The number of likely N-dealkylation sites (tertiary alicyclic amines) is 1. The number of hydrogen-bond acceptors (Lipinski definition) is 2. The largest absolute Gasteiger partial charge is 0.341 e. The van der Waals surface area contributed by atoms with Crippen LogP contribution in [0.5, 0.6) is 0 Å². The normalized spacial score (nSPS) is 16.3. The molecule has 1 atom stereocenters. The number of rotatable bonds is 4. The summed E-state index contributed by atoms with van der Waals surface area (Å²) in [6.45, 7) is 3.24. The summed E-state index contributed by atoms with van der Waals surface area (Å²) < 4.78 is 0. The van der Waals surface area contributed by atoms with E-state index in [-0.39, 0.29) is 11.8 Å². The highest BCUT2D eigenvalue weighted by Gasteiger charge is 2.27. The lowest BCUT2D eigenvalue weighted by Gasteiger charge is -2.34. The van der Waals surface area contributed by atoms with Crippen LogP contribution in [0, 0.1) is 0 Å². The monoisotopic (exact) mass is 336 g/mol. The molecule has 1 saturated heterocycles. The van der Waals surface area contributed by atoms with Crippen molar-refractivity contribution < 1.29 is 9.59 Å². The third kappa shape index (κ3) is 4.27. The van der Waals surface area contributed by atoms with Gasteiger partial charge in [0.05, 0.1) is 0 Å². The van der Waals surface area contributed by atoms with E-state index in [1.807, 2.05) is 29.2 Å². The second-order valence-corrected chi connectivity index (χ2v) is 6.57. The number of carbonyl (C=O) groups excluding carboxylic acids is 2. The zero-order valence-electron chi connectivity index (χ0n) is 14.5. The maximum Gasteiger partial charge on any atom is 0.251 e. The van der Waals surface area contributed by atoms with Gasteiger partial charge in [-0.25, -0.2) is 0 Å². The third-order valence-electron chi connectivity index (χ3n) is 4.83. The number of nitrogens with one attached hydrogen (secondary N) is 1. The fourth-order valence-corrected chi connectivity index (χ4v) is 3.36. The molecule has 0 saturated carbocycles. The summed E-state index contributed by atoms with van der Waals surface area (Å²) in [6.07, 6.45) is 1.93. The summed E-state index contributed by atoms with van der Waals surface area (Å²) in [6, 6.07) is 18.9. The minimum Gasteiger partial charge on any atom is -0.341 e. The zero-order chi connectivity index (χ0) is 17.6. The molecule has 0 bridgehead atoms.